The van der Waals surface area contributed by atoms with Gasteiger partial charge in [-0.05, 0) is 106 Å². The average Bonchev–Trinajstić information content (AvgIpc) is 3.95. The Morgan fingerprint density at radius 2 is 1.81 bits per heavy atom. The Morgan fingerprint density at radius 3 is 2.51 bits per heavy atom. The summed E-state index contributed by atoms with van der Waals surface area (Å²) in [5, 5.41) is 23.6. The number of pyridine rings is 1. The second-order valence-electron chi connectivity index (χ2n) is 20.8. The number of carbonyl (C=O) groups excluding carboxylic acids is 2. The largest absolute Gasteiger partial charge is 0.508 e. The van der Waals surface area contributed by atoms with Crippen LogP contribution >= 0.6 is 0 Å². The Morgan fingerprint density at radius 1 is 1.03 bits per heavy atom. The summed E-state index contributed by atoms with van der Waals surface area (Å²) in [6.07, 6.45) is 14.0. The number of hydrogen-bond acceptors (Lipinski definition) is 12. The van der Waals surface area contributed by atoms with Gasteiger partial charge in [0, 0.05) is 86.7 Å². The maximum atomic E-state index is 17.2. The minimum absolute atomic E-state index is 0.0417. The molecule has 4 atom stereocenters. The number of piperidine rings is 2. The zero-order valence-corrected chi connectivity index (χ0v) is 40.4. The molecule has 4 unspecified atom stereocenters. The number of rotatable bonds is 14. The van der Waals surface area contributed by atoms with Gasteiger partial charge in [0.15, 0.2) is 5.82 Å². The third-order valence-electron chi connectivity index (χ3n) is 16.1. The number of amides is 1. The molecule has 18 heteroatoms. The van der Waals surface area contributed by atoms with E-state index in [1.54, 1.807) is 11.7 Å². The molecule has 3 aromatic heterocycles. The van der Waals surface area contributed by atoms with Gasteiger partial charge in [-0.3, -0.25) is 24.3 Å². The Balaban J connectivity index is 0.775. The van der Waals surface area contributed by atoms with E-state index in [2.05, 4.69) is 43.6 Å². The van der Waals surface area contributed by atoms with Crippen LogP contribution in [0.2, 0.25) is 0 Å². The maximum absolute atomic E-state index is 17.2. The number of phenolic OH excluding ortho intramolecular Hbond substituents is 1. The molecule has 6 aromatic rings. The number of aldehydes is 1. The van der Waals surface area contributed by atoms with Crippen molar-refractivity contribution in [2.75, 3.05) is 64.4 Å². The van der Waals surface area contributed by atoms with E-state index in [1.807, 2.05) is 22.9 Å². The third kappa shape index (κ3) is 8.87. The van der Waals surface area contributed by atoms with E-state index < -0.39 is 34.9 Å². The lowest BCUT2D eigenvalue weighted by molar-refractivity contribution is -0.133. The number of phenols is 1. The number of alkyl halides is 2. The van der Waals surface area contributed by atoms with Crippen LogP contribution in [-0.4, -0.2) is 135 Å². The molecule has 3 aromatic carbocycles. The summed E-state index contributed by atoms with van der Waals surface area (Å²) >= 11 is 0. The number of aromatic nitrogens is 5. The normalized spacial score (nSPS) is 22.6. The fourth-order valence-corrected chi connectivity index (χ4v) is 12.2. The first-order valence-electron chi connectivity index (χ1n) is 25.1. The summed E-state index contributed by atoms with van der Waals surface area (Å²) in [7, 11) is 3.42. The molecule has 0 spiro atoms. The summed E-state index contributed by atoms with van der Waals surface area (Å²) in [4.78, 5) is 43.9. The van der Waals surface area contributed by atoms with Gasteiger partial charge in [0.25, 0.3) is 5.92 Å². The van der Waals surface area contributed by atoms with Crippen LogP contribution in [0.25, 0.3) is 43.8 Å². The number of halogens is 4. The number of terminal acetylenes is 1. The van der Waals surface area contributed by atoms with Crippen LogP contribution in [0.4, 0.5) is 23.4 Å². The van der Waals surface area contributed by atoms with E-state index in [1.165, 1.54) is 30.5 Å². The summed E-state index contributed by atoms with van der Waals surface area (Å²) in [5.41, 5.74) is 2.04. The fourth-order valence-electron chi connectivity index (χ4n) is 12.2. The van der Waals surface area contributed by atoms with Crippen LogP contribution in [0.15, 0.2) is 48.7 Å². The second kappa shape index (κ2) is 18.9. The monoisotopic (exact) mass is 986 g/mol. The van der Waals surface area contributed by atoms with Crippen molar-refractivity contribution in [2.45, 2.75) is 93.7 Å². The van der Waals surface area contributed by atoms with Crippen molar-refractivity contribution in [3.63, 3.8) is 0 Å². The van der Waals surface area contributed by atoms with Crippen LogP contribution < -0.4 is 20.3 Å². The number of nitrogens with zero attached hydrogens (tertiary/aromatic N) is 8. The van der Waals surface area contributed by atoms with E-state index >= 15 is 17.6 Å². The molecule has 1 amide bonds. The van der Waals surface area contributed by atoms with Crippen LogP contribution in [0.5, 0.6) is 11.8 Å². The van der Waals surface area contributed by atoms with Gasteiger partial charge in [0.2, 0.25) is 5.91 Å². The van der Waals surface area contributed by atoms with Crippen LogP contribution in [-0.2, 0) is 16.6 Å². The quantitative estimate of drug-likeness (QED) is 0.0575. The number of aryl methyl sites for hydroxylation is 1. The molecule has 14 nitrogen and oxygen atoms in total. The van der Waals surface area contributed by atoms with Crippen LogP contribution in [0.1, 0.15) is 86.4 Å². The first-order chi connectivity index (χ1) is 34.7. The molecule has 1 saturated carbocycles. The van der Waals surface area contributed by atoms with Gasteiger partial charge in [0.05, 0.1) is 47.3 Å². The van der Waals surface area contributed by atoms with Gasteiger partial charge in [-0.1, -0.05) is 24.1 Å². The second-order valence-corrected chi connectivity index (χ2v) is 20.8. The number of benzene rings is 3. The van der Waals surface area contributed by atoms with Crippen LogP contribution in [0.3, 0.4) is 0 Å². The van der Waals surface area contributed by atoms with Gasteiger partial charge in [-0.2, -0.15) is 15.1 Å². The minimum atomic E-state index is -2.94. The van der Waals surface area contributed by atoms with Gasteiger partial charge >= 0.3 is 6.01 Å². The van der Waals surface area contributed by atoms with Gasteiger partial charge in [0.1, 0.15) is 34.9 Å². The fraction of sp³-hybridized carbons (Fsp3) is 0.481. The first kappa shape index (κ1) is 47.9. The zero-order valence-electron chi connectivity index (χ0n) is 40.4. The molecule has 376 valence electrons. The van der Waals surface area contributed by atoms with Gasteiger partial charge in [-0.25, -0.2) is 17.6 Å². The highest BCUT2D eigenvalue weighted by molar-refractivity contribution is 6.03. The highest BCUT2D eigenvalue weighted by atomic mass is 19.3. The van der Waals surface area contributed by atoms with Crippen molar-refractivity contribution in [3.8, 4) is 35.4 Å². The van der Waals surface area contributed by atoms with Crippen LogP contribution in [0, 0.1) is 29.4 Å². The lowest BCUT2D eigenvalue weighted by Gasteiger charge is -2.46. The van der Waals surface area contributed by atoms with Gasteiger partial charge in [-0.15, -0.1) is 6.42 Å². The topological polar surface area (TPSA) is 154 Å². The minimum Gasteiger partial charge on any atom is -0.508 e. The predicted molar refractivity (Wildman–Crippen MR) is 265 cm³/mol. The zero-order chi connectivity index (χ0) is 50.1. The first-order valence-corrected chi connectivity index (χ1v) is 25.1. The average molecular weight is 987 g/mol. The molecule has 72 heavy (non-hydrogen) atoms. The van der Waals surface area contributed by atoms with E-state index in [4.69, 9.17) is 21.2 Å². The summed E-state index contributed by atoms with van der Waals surface area (Å²) < 4.78 is 73.0. The number of aromatic hydroxyl groups is 1. The SMILES string of the molecule is C#Cc1c(F)ccc2cc(O)cc(-c3ncc4c(N5CC6CCC(C5)N6)nc(OCC5(CN6CCC(N7CCC(c8ccc9c(C(CCC=O)C(=O)NC)nn(C)c9c8)CC7)C(F)(F)C6)CC5)nc4c3F)c12. The van der Waals surface area contributed by atoms with E-state index in [0.717, 1.165) is 61.3 Å². The summed E-state index contributed by atoms with van der Waals surface area (Å²) in [5.74, 6) is -2.28. The maximum Gasteiger partial charge on any atom is 0.319 e. The number of likely N-dealkylation sites (tertiary alicyclic amines) is 2. The highest BCUT2D eigenvalue weighted by Gasteiger charge is 2.52. The number of hydrogen-bond donors (Lipinski definition) is 3. The standard InChI is InChI=1S/C54H58F4N10O4/c1-4-37-42(55)12-8-33-22-36(70)24-40(45(33)37)48-46(56)49-41(25-60-48)50(68-26-34-9-10-35(27-68)61-34)63-52(62-49)72-30-53(16-17-53)28-66-18-15-44(54(57,58)29-66)67-19-13-31(14-20-67)32-7-11-38-43(23-32)65(3)64-47(38)39(6-5-21-69)51(71)59-2/h1,7-8,11-12,21-25,31,34-35,39,44,61,70H,5-6,9-10,13-20,26-30H2,2-3H3,(H,59,71). The van der Waals surface area contributed by atoms with Crippen molar-refractivity contribution in [1.82, 2.24) is 45.2 Å². The lowest BCUT2D eigenvalue weighted by Crippen LogP contribution is -2.60. The smallest absolute Gasteiger partial charge is 0.319 e. The molecular weight excluding hydrogens is 929 g/mol. The van der Waals surface area contributed by atoms with E-state index in [9.17, 15) is 14.7 Å². The van der Waals surface area contributed by atoms with Gasteiger partial charge < -0.3 is 30.2 Å². The molecule has 5 aliphatic rings. The number of fused-ring (bicyclic) bond motifs is 5. The molecule has 5 fully saturated rings. The molecule has 7 heterocycles. The van der Waals surface area contributed by atoms with Crippen molar-refractivity contribution < 1.29 is 37.0 Å². The molecule has 11 rings (SSSR count). The molecule has 4 aliphatic heterocycles. The van der Waals surface area contributed by atoms with E-state index in [0.29, 0.717) is 74.4 Å². The molecule has 1 aliphatic carbocycles. The number of anilines is 1. The highest BCUT2D eigenvalue weighted by Crippen LogP contribution is 2.48. The third-order valence-corrected chi connectivity index (χ3v) is 16.1. The summed E-state index contributed by atoms with van der Waals surface area (Å²) in [6, 6.07) is 11.1. The molecule has 2 bridgehead atoms. The number of likely N-dealkylation sites (N-methyl/N-ethyl adjacent to an activating group) is 1. The van der Waals surface area contributed by atoms with Crippen molar-refractivity contribution in [2.24, 2.45) is 12.5 Å². The predicted octanol–water partition coefficient (Wildman–Crippen LogP) is 7.19. The number of carbonyl (C=O) groups is 2. The Kier molecular flexibility index (Phi) is 12.6. The van der Waals surface area contributed by atoms with Crippen molar-refractivity contribution in [3.05, 3.63) is 77.1 Å². The Bertz CT molecular complexity index is 3140. The molecular formula is C54H58F4N10O4. The number of ether oxygens (including phenoxy) is 1. The van der Waals surface area contributed by atoms with E-state index in [-0.39, 0.29) is 83.0 Å². The number of nitrogens with one attached hydrogen (secondary N) is 2. The lowest BCUT2D eigenvalue weighted by atomic mass is 9.86. The Labute approximate surface area is 414 Å². The molecule has 4 saturated heterocycles. The van der Waals surface area contributed by atoms with Crippen molar-refractivity contribution in [1.29, 1.82) is 0 Å². The summed E-state index contributed by atoms with van der Waals surface area (Å²) in [6.45, 7) is 3.11. The molecule has 3 N–H and O–H groups in total. The number of piperazine rings is 1. The Hall–Kier alpha value is -6.42. The van der Waals surface area contributed by atoms with Crippen molar-refractivity contribution >= 4 is 50.6 Å². The molecule has 0 radical (unpaired) electrons.